The highest BCUT2D eigenvalue weighted by Crippen LogP contribution is 2.37. The van der Waals surface area contributed by atoms with Gasteiger partial charge in [0.15, 0.2) is 0 Å². The van der Waals surface area contributed by atoms with Crippen molar-refractivity contribution in [1.82, 2.24) is 5.43 Å². The van der Waals surface area contributed by atoms with Gasteiger partial charge in [-0.1, -0.05) is 19.9 Å². The molecule has 0 saturated carbocycles. The maximum Gasteiger partial charge on any atom is 0.129 e. The number of thioether (sulfide) groups is 2. The largest absolute Gasteiger partial charge is 0.271 e. The third kappa shape index (κ3) is 3.67. The molecule has 1 fully saturated rings. The van der Waals surface area contributed by atoms with E-state index in [4.69, 9.17) is 5.84 Å². The van der Waals surface area contributed by atoms with Crippen LogP contribution in [0, 0.1) is 11.6 Å². The Bertz CT molecular complexity index is 439. The molecule has 6 heteroatoms. The SMILES string of the molecule is CC1SCC(C(Cc2c(F)cccc2F)NN)SC1C. The quantitative estimate of drug-likeness (QED) is 0.661. The van der Waals surface area contributed by atoms with Gasteiger partial charge in [0.05, 0.1) is 0 Å². The summed E-state index contributed by atoms with van der Waals surface area (Å²) in [7, 11) is 0. The zero-order chi connectivity index (χ0) is 14.7. The monoisotopic (exact) mass is 318 g/mol. The maximum atomic E-state index is 13.7. The molecule has 1 saturated heterocycles. The first-order valence-corrected chi connectivity index (χ1v) is 8.68. The lowest BCUT2D eigenvalue weighted by molar-refractivity contribution is 0.484. The number of hydrogen-bond donors (Lipinski definition) is 2. The Labute approximate surface area is 127 Å². The number of halogens is 2. The van der Waals surface area contributed by atoms with E-state index in [0.29, 0.717) is 10.5 Å². The molecule has 1 heterocycles. The molecule has 1 aromatic rings. The van der Waals surface area contributed by atoms with Crippen molar-refractivity contribution < 1.29 is 8.78 Å². The molecule has 0 spiro atoms. The standard InChI is InChI=1S/C14H20F2N2S2/c1-8-9(2)20-14(7-19-8)13(18-17)6-10-11(15)4-3-5-12(10)16/h3-5,8-9,13-14,18H,6-7,17H2,1-2H3. The molecular weight excluding hydrogens is 298 g/mol. The molecule has 0 radical (unpaired) electrons. The van der Waals surface area contributed by atoms with Gasteiger partial charge < -0.3 is 0 Å². The number of hydrazine groups is 1. The van der Waals surface area contributed by atoms with Gasteiger partial charge in [-0.3, -0.25) is 11.3 Å². The minimum Gasteiger partial charge on any atom is -0.271 e. The van der Waals surface area contributed by atoms with Crippen molar-refractivity contribution >= 4 is 23.5 Å². The Morgan fingerprint density at radius 3 is 2.50 bits per heavy atom. The van der Waals surface area contributed by atoms with E-state index in [0.717, 1.165) is 5.75 Å². The van der Waals surface area contributed by atoms with Crippen LogP contribution in [0.1, 0.15) is 19.4 Å². The van der Waals surface area contributed by atoms with Gasteiger partial charge in [-0.25, -0.2) is 8.78 Å². The van der Waals surface area contributed by atoms with Crippen LogP contribution in [0.15, 0.2) is 18.2 Å². The first kappa shape index (κ1) is 16.1. The number of nitrogens with two attached hydrogens (primary N) is 1. The number of nitrogens with one attached hydrogen (secondary N) is 1. The highest BCUT2D eigenvalue weighted by Gasteiger charge is 2.31. The number of benzene rings is 1. The fraction of sp³-hybridized carbons (Fsp3) is 0.571. The van der Waals surface area contributed by atoms with Crippen LogP contribution in [0.4, 0.5) is 8.78 Å². The van der Waals surface area contributed by atoms with Crippen LogP contribution in [0.3, 0.4) is 0 Å². The summed E-state index contributed by atoms with van der Waals surface area (Å²) in [5.41, 5.74) is 2.86. The van der Waals surface area contributed by atoms with Crippen molar-refractivity contribution in [1.29, 1.82) is 0 Å². The molecule has 2 nitrogen and oxygen atoms in total. The van der Waals surface area contributed by atoms with E-state index in [2.05, 4.69) is 19.3 Å². The molecule has 0 bridgehead atoms. The van der Waals surface area contributed by atoms with E-state index in [9.17, 15) is 8.78 Å². The third-order valence-corrected chi connectivity index (χ3v) is 7.27. The van der Waals surface area contributed by atoms with Crippen LogP contribution in [0.25, 0.3) is 0 Å². The summed E-state index contributed by atoms with van der Waals surface area (Å²) in [5.74, 6) is 5.56. The van der Waals surface area contributed by atoms with Crippen LogP contribution in [-0.4, -0.2) is 27.5 Å². The first-order valence-electron chi connectivity index (χ1n) is 6.69. The molecule has 1 aliphatic rings. The van der Waals surface area contributed by atoms with Gasteiger partial charge in [-0.2, -0.15) is 23.5 Å². The average molecular weight is 318 g/mol. The molecule has 4 unspecified atom stereocenters. The van der Waals surface area contributed by atoms with Gasteiger partial charge in [-0.15, -0.1) is 0 Å². The predicted octanol–water partition coefficient (Wildman–Crippen LogP) is 2.96. The molecule has 1 aliphatic heterocycles. The minimum atomic E-state index is -0.500. The topological polar surface area (TPSA) is 38.0 Å². The Balaban J connectivity index is 2.09. The summed E-state index contributed by atoms with van der Waals surface area (Å²) in [6.45, 7) is 4.39. The van der Waals surface area contributed by atoms with Gasteiger partial charge in [0.1, 0.15) is 11.6 Å². The Hall–Kier alpha value is -0.300. The Kier molecular flexibility index (Phi) is 5.72. The van der Waals surface area contributed by atoms with E-state index >= 15 is 0 Å². The van der Waals surface area contributed by atoms with Crippen LogP contribution in [0.5, 0.6) is 0 Å². The Morgan fingerprint density at radius 2 is 1.95 bits per heavy atom. The van der Waals surface area contributed by atoms with Crippen molar-refractivity contribution in [2.45, 2.75) is 42.1 Å². The average Bonchev–Trinajstić information content (AvgIpc) is 2.42. The van der Waals surface area contributed by atoms with Crippen molar-refractivity contribution in [3.8, 4) is 0 Å². The molecule has 112 valence electrons. The molecule has 1 aromatic carbocycles. The molecule has 4 atom stereocenters. The normalized spacial score (nSPS) is 28.4. The van der Waals surface area contributed by atoms with Crippen molar-refractivity contribution in [2.24, 2.45) is 5.84 Å². The summed E-state index contributed by atoms with van der Waals surface area (Å²) in [6, 6.07) is 3.83. The van der Waals surface area contributed by atoms with E-state index in [1.54, 1.807) is 0 Å². The molecule has 0 amide bonds. The fourth-order valence-electron chi connectivity index (χ4n) is 2.26. The lowest BCUT2D eigenvalue weighted by atomic mass is 10.0. The van der Waals surface area contributed by atoms with Crippen molar-refractivity contribution in [3.63, 3.8) is 0 Å². The van der Waals surface area contributed by atoms with E-state index in [1.165, 1.54) is 18.2 Å². The zero-order valence-corrected chi connectivity index (χ0v) is 13.2. The van der Waals surface area contributed by atoms with Gasteiger partial charge in [0, 0.05) is 33.1 Å². The van der Waals surface area contributed by atoms with E-state index in [-0.39, 0.29) is 23.3 Å². The van der Waals surface area contributed by atoms with Gasteiger partial charge in [-0.05, 0) is 18.6 Å². The van der Waals surface area contributed by atoms with Crippen LogP contribution in [0.2, 0.25) is 0 Å². The van der Waals surface area contributed by atoms with Gasteiger partial charge in [0.2, 0.25) is 0 Å². The molecule has 0 aliphatic carbocycles. The number of rotatable bonds is 4. The summed E-state index contributed by atoms with van der Waals surface area (Å²) in [5, 5.41) is 1.37. The Morgan fingerprint density at radius 1 is 1.30 bits per heavy atom. The van der Waals surface area contributed by atoms with Crippen LogP contribution < -0.4 is 11.3 Å². The second-order valence-corrected chi connectivity index (χ2v) is 8.13. The fourth-order valence-corrected chi connectivity index (χ4v) is 5.38. The highest BCUT2D eigenvalue weighted by atomic mass is 32.2. The lowest BCUT2D eigenvalue weighted by Gasteiger charge is -2.35. The molecule has 20 heavy (non-hydrogen) atoms. The highest BCUT2D eigenvalue weighted by molar-refractivity contribution is 8.07. The molecule has 0 aromatic heterocycles. The van der Waals surface area contributed by atoms with Gasteiger partial charge in [0.25, 0.3) is 0 Å². The first-order chi connectivity index (χ1) is 9.52. The molecular formula is C14H20F2N2S2. The van der Waals surface area contributed by atoms with E-state index in [1.807, 2.05) is 23.5 Å². The maximum absolute atomic E-state index is 13.7. The van der Waals surface area contributed by atoms with Crippen molar-refractivity contribution in [2.75, 3.05) is 5.75 Å². The van der Waals surface area contributed by atoms with Crippen LogP contribution in [-0.2, 0) is 6.42 Å². The zero-order valence-electron chi connectivity index (χ0n) is 11.6. The summed E-state index contributed by atoms with van der Waals surface area (Å²) in [4.78, 5) is 0. The molecule has 3 N–H and O–H groups in total. The third-order valence-electron chi connectivity index (χ3n) is 3.72. The van der Waals surface area contributed by atoms with Crippen molar-refractivity contribution in [3.05, 3.63) is 35.4 Å². The van der Waals surface area contributed by atoms with Crippen LogP contribution >= 0.6 is 23.5 Å². The number of hydrogen-bond acceptors (Lipinski definition) is 4. The second kappa shape index (κ2) is 7.11. The minimum absolute atomic E-state index is 0.118. The van der Waals surface area contributed by atoms with E-state index < -0.39 is 11.6 Å². The second-order valence-electron chi connectivity index (χ2n) is 5.10. The smallest absolute Gasteiger partial charge is 0.129 e. The lowest BCUT2D eigenvalue weighted by Crippen LogP contribution is -2.48. The van der Waals surface area contributed by atoms with Gasteiger partial charge >= 0.3 is 0 Å². The summed E-state index contributed by atoms with van der Waals surface area (Å²) < 4.78 is 27.5. The molecule has 2 rings (SSSR count). The summed E-state index contributed by atoms with van der Waals surface area (Å²) >= 11 is 3.74. The summed E-state index contributed by atoms with van der Waals surface area (Å²) in [6.07, 6.45) is 0.272. The predicted molar refractivity (Wildman–Crippen MR) is 83.9 cm³/mol.